The van der Waals surface area contributed by atoms with Crippen LogP contribution < -0.4 is 10.4 Å². The Morgan fingerprint density at radius 1 is 0.926 bits per heavy atom. The minimum atomic E-state index is -0.310. The number of ether oxygens (including phenoxy) is 1. The van der Waals surface area contributed by atoms with Gasteiger partial charge in [-0.2, -0.15) is 0 Å². The van der Waals surface area contributed by atoms with Gasteiger partial charge in [0.25, 0.3) is 0 Å². The van der Waals surface area contributed by atoms with Gasteiger partial charge in [0, 0.05) is 25.3 Å². The van der Waals surface area contributed by atoms with Crippen LogP contribution in [0.15, 0.2) is 18.2 Å². The van der Waals surface area contributed by atoms with Gasteiger partial charge in [0.05, 0.1) is 24.4 Å². The van der Waals surface area contributed by atoms with E-state index in [9.17, 15) is 0 Å². The van der Waals surface area contributed by atoms with Crippen molar-refractivity contribution in [3.8, 4) is 0 Å². The molecule has 27 heavy (non-hydrogen) atoms. The summed E-state index contributed by atoms with van der Waals surface area (Å²) in [5, 5.41) is 0. The number of rotatable bonds is 4. The van der Waals surface area contributed by atoms with Crippen LogP contribution in [0, 0.1) is 0 Å². The number of anilines is 1. The van der Waals surface area contributed by atoms with E-state index in [1.54, 1.807) is 0 Å². The normalized spacial score (nSPS) is 25.3. The Bertz CT molecular complexity index is 651. The van der Waals surface area contributed by atoms with E-state index in [0.29, 0.717) is 0 Å². The first-order chi connectivity index (χ1) is 12.9. The summed E-state index contributed by atoms with van der Waals surface area (Å²) in [5.41, 5.74) is 3.22. The molecule has 0 unspecified atom stereocenters. The lowest BCUT2D eigenvalue weighted by molar-refractivity contribution is 0.00578. The molecular formula is C21H33BN2O3. The summed E-state index contributed by atoms with van der Waals surface area (Å²) in [6.45, 7) is 15.4. The predicted octanol–water partition coefficient (Wildman–Crippen LogP) is 2.42. The molecule has 0 spiro atoms. The summed E-state index contributed by atoms with van der Waals surface area (Å²) in [6, 6.07) is 6.75. The summed E-state index contributed by atoms with van der Waals surface area (Å²) in [5.74, 6) is 0. The molecule has 1 aromatic carbocycles. The summed E-state index contributed by atoms with van der Waals surface area (Å²) in [7, 11) is -0.300. The molecule has 0 aliphatic carbocycles. The highest BCUT2D eigenvalue weighted by Gasteiger charge is 2.51. The zero-order valence-corrected chi connectivity index (χ0v) is 17.3. The van der Waals surface area contributed by atoms with E-state index in [1.807, 2.05) is 0 Å². The summed E-state index contributed by atoms with van der Waals surface area (Å²) in [4.78, 5) is 5.02. The van der Waals surface area contributed by atoms with E-state index in [2.05, 4.69) is 55.7 Å². The molecule has 3 aliphatic heterocycles. The Morgan fingerprint density at radius 2 is 1.56 bits per heavy atom. The molecule has 0 saturated carbocycles. The Labute approximate surface area is 164 Å². The van der Waals surface area contributed by atoms with E-state index in [-0.39, 0.29) is 18.3 Å². The van der Waals surface area contributed by atoms with Gasteiger partial charge in [0.15, 0.2) is 0 Å². The van der Waals surface area contributed by atoms with Gasteiger partial charge in [-0.25, -0.2) is 0 Å². The van der Waals surface area contributed by atoms with Crippen LogP contribution in [-0.2, 0) is 20.6 Å². The van der Waals surface area contributed by atoms with E-state index < -0.39 is 0 Å². The Balaban J connectivity index is 1.61. The predicted molar refractivity (Wildman–Crippen MR) is 110 cm³/mol. The summed E-state index contributed by atoms with van der Waals surface area (Å²) in [6.07, 6.45) is 2.62. The third-order valence-electron chi connectivity index (χ3n) is 6.57. The fourth-order valence-corrected chi connectivity index (χ4v) is 4.15. The SMILES string of the molecule is CC1(C)OB(c2ccc(N3CCOCC3)c(CN3CCCC3)c2)OC1(C)C. The maximum Gasteiger partial charge on any atom is 0.494 e. The van der Waals surface area contributed by atoms with Gasteiger partial charge in [-0.15, -0.1) is 0 Å². The Morgan fingerprint density at radius 3 is 2.19 bits per heavy atom. The van der Waals surface area contributed by atoms with E-state index in [0.717, 1.165) is 38.3 Å². The zero-order valence-electron chi connectivity index (χ0n) is 17.3. The van der Waals surface area contributed by atoms with Crippen molar-refractivity contribution in [1.29, 1.82) is 0 Å². The molecule has 3 saturated heterocycles. The van der Waals surface area contributed by atoms with Crippen molar-refractivity contribution in [1.82, 2.24) is 4.90 Å². The van der Waals surface area contributed by atoms with E-state index in [1.165, 1.54) is 37.2 Å². The van der Waals surface area contributed by atoms with Gasteiger partial charge in [-0.1, -0.05) is 12.1 Å². The number of likely N-dealkylation sites (tertiary alicyclic amines) is 1. The summed E-state index contributed by atoms with van der Waals surface area (Å²) < 4.78 is 18.1. The van der Waals surface area contributed by atoms with Crippen LogP contribution in [0.2, 0.25) is 0 Å². The van der Waals surface area contributed by atoms with Crippen LogP contribution in [0.4, 0.5) is 5.69 Å². The average molecular weight is 372 g/mol. The molecule has 3 fully saturated rings. The lowest BCUT2D eigenvalue weighted by atomic mass is 9.78. The third kappa shape index (κ3) is 3.90. The number of nitrogens with zero attached hydrogens (tertiary/aromatic N) is 2. The average Bonchev–Trinajstić information content (AvgIpc) is 3.21. The Kier molecular flexibility index (Phi) is 5.27. The van der Waals surface area contributed by atoms with Crippen LogP contribution in [0.1, 0.15) is 46.1 Å². The molecule has 0 aromatic heterocycles. The van der Waals surface area contributed by atoms with Gasteiger partial charge in [-0.05, 0) is 70.7 Å². The van der Waals surface area contributed by atoms with Gasteiger partial charge < -0.3 is 18.9 Å². The third-order valence-corrected chi connectivity index (χ3v) is 6.57. The van der Waals surface area contributed by atoms with Gasteiger partial charge in [0.1, 0.15) is 0 Å². The van der Waals surface area contributed by atoms with Gasteiger partial charge in [-0.3, -0.25) is 4.90 Å². The molecular weight excluding hydrogens is 339 g/mol. The van der Waals surface area contributed by atoms with E-state index in [4.69, 9.17) is 14.0 Å². The van der Waals surface area contributed by atoms with Crippen molar-refractivity contribution < 1.29 is 14.0 Å². The van der Waals surface area contributed by atoms with Gasteiger partial charge in [0.2, 0.25) is 0 Å². The molecule has 1 aromatic rings. The molecule has 0 atom stereocenters. The smallest absolute Gasteiger partial charge is 0.399 e. The second kappa shape index (κ2) is 7.39. The highest BCUT2D eigenvalue weighted by atomic mass is 16.7. The molecule has 0 N–H and O–H groups in total. The standard InChI is InChI=1S/C21H33BN2O3/c1-20(2)21(3,4)27-22(26-20)18-7-8-19(24-11-13-25-14-12-24)17(15-18)16-23-9-5-6-10-23/h7-8,15H,5-6,9-14,16H2,1-4H3. The second-order valence-electron chi connectivity index (χ2n) is 9.06. The van der Waals surface area contributed by atoms with Gasteiger partial charge >= 0.3 is 7.12 Å². The number of benzene rings is 1. The highest BCUT2D eigenvalue weighted by Crippen LogP contribution is 2.37. The topological polar surface area (TPSA) is 34.2 Å². The van der Waals surface area contributed by atoms with Crippen LogP contribution in [0.5, 0.6) is 0 Å². The first-order valence-corrected chi connectivity index (χ1v) is 10.4. The number of hydrogen-bond donors (Lipinski definition) is 0. The van der Waals surface area contributed by atoms with E-state index >= 15 is 0 Å². The van der Waals surface area contributed by atoms with Crippen molar-refractivity contribution in [2.45, 2.75) is 58.3 Å². The van der Waals surface area contributed by atoms with Crippen molar-refractivity contribution in [3.63, 3.8) is 0 Å². The summed E-state index contributed by atoms with van der Waals surface area (Å²) >= 11 is 0. The van der Waals surface area contributed by atoms with Crippen LogP contribution in [0.3, 0.4) is 0 Å². The van der Waals surface area contributed by atoms with Crippen LogP contribution in [-0.4, -0.2) is 62.6 Å². The molecule has 3 aliphatic rings. The Hall–Kier alpha value is -1.08. The molecule has 148 valence electrons. The van der Waals surface area contributed by atoms with Crippen molar-refractivity contribution in [2.75, 3.05) is 44.3 Å². The van der Waals surface area contributed by atoms with Crippen LogP contribution >= 0.6 is 0 Å². The molecule has 0 amide bonds. The highest BCUT2D eigenvalue weighted by molar-refractivity contribution is 6.62. The molecule has 4 rings (SSSR count). The lowest BCUT2D eigenvalue weighted by Gasteiger charge is -2.32. The molecule has 3 heterocycles. The molecule has 0 bridgehead atoms. The quantitative estimate of drug-likeness (QED) is 0.759. The molecule has 6 heteroatoms. The minimum Gasteiger partial charge on any atom is -0.399 e. The first kappa shape index (κ1) is 19.3. The maximum absolute atomic E-state index is 6.29. The minimum absolute atomic E-state index is 0.300. The van der Waals surface area contributed by atoms with Crippen molar-refractivity contribution >= 4 is 18.3 Å². The number of hydrogen-bond acceptors (Lipinski definition) is 5. The fourth-order valence-electron chi connectivity index (χ4n) is 4.15. The first-order valence-electron chi connectivity index (χ1n) is 10.4. The maximum atomic E-state index is 6.29. The van der Waals surface area contributed by atoms with Crippen molar-refractivity contribution in [3.05, 3.63) is 23.8 Å². The molecule has 0 radical (unpaired) electrons. The monoisotopic (exact) mass is 372 g/mol. The second-order valence-corrected chi connectivity index (χ2v) is 9.06. The number of morpholine rings is 1. The van der Waals surface area contributed by atoms with Crippen LogP contribution in [0.25, 0.3) is 0 Å². The largest absolute Gasteiger partial charge is 0.494 e. The van der Waals surface area contributed by atoms with Crippen molar-refractivity contribution in [2.24, 2.45) is 0 Å². The lowest BCUT2D eigenvalue weighted by Crippen LogP contribution is -2.41. The fraction of sp³-hybridized carbons (Fsp3) is 0.714. The zero-order chi connectivity index (χ0) is 19.1. The molecule has 5 nitrogen and oxygen atoms in total.